The van der Waals surface area contributed by atoms with Gasteiger partial charge in [-0.05, 0) is 46.1 Å². The average molecular weight is 180 g/mol. The van der Waals surface area contributed by atoms with Gasteiger partial charge in [-0.1, -0.05) is 17.2 Å². The molecule has 0 aromatic carbocycles. The summed E-state index contributed by atoms with van der Waals surface area (Å²) in [7, 11) is 0. The van der Waals surface area contributed by atoms with Crippen LogP contribution in [-0.4, -0.2) is 12.7 Å². The van der Waals surface area contributed by atoms with Crippen LogP contribution in [0.15, 0.2) is 22.8 Å². The standard InChI is InChI=1S/C12H20O/c1-5-13-12-8-10(4)6-7-11(12)9(2)3/h8,12H,5-7H2,1-4H3. The molecule has 0 amide bonds. The van der Waals surface area contributed by atoms with Gasteiger partial charge in [-0.3, -0.25) is 0 Å². The number of hydrogen-bond acceptors (Lipinski definition) is 1. The Labute approximate surface area is 81.5 Å². The van der Waals surface area contributed by atoms with E-state index < -0.39 is 0 Å². The molecule has 0 fully saturated rings. The summed E-state index contributed by atoms with van der Waals surface area (Å²) in [6.45, 7) is 9.39. The van der Waals surface area contributed by atoms with Gasteiger partial charge < -0.3 is 4.74 Å². The van der Waals surface area contributed by atoms with E-state index in [0.29, 0.717) is 0 Å². The second kappa shape index (κ2) is 4.61. The lowest BCUT2D eigenvalue weighted by molar-refractivity contribution is 0.114. The van der Waals surface area contributed by atoms with Crippen LogP contribution in [0.1, 0.15) is 40.5 Å². The third-order valence-electron chi connectivity index (χ3n) is 2.56. The summed E-state index contributed by atoms with van der Waals surface area (Å²) in [5.74, 6) is 0. The molecule has 1 heteroatoms. The molecule has 0 spiro atoms. The monoisotopic (exact) mass is 180 g/mol. The van der Waals surface area contributed by atoms with Crippen LogP contribution >= 0.6 is 0 Å². The molecule has 13 heavy (non-hydrogen) atoms. The van der Waals surface area contributed by atoms with Crippen LogP contribution in [0.4, 0.5) is 0 Å². The van der Waals surface area contributed by atoms with E-state index in [-0.39, 0.29) is 6.10 Å². The molecular formula is C12H20O. The zero-order chi connectivity index (χ0) is 9.84. The molecule has 0 aromatic heterocycles. The van der Waals surface area contributed by atoms with Crippen molar-refractivity contribution in [1.82, 2.24) is 0 Å². The quantitative estimate of drug-likeness (QED) is 0.591. The zero-order valence-corrected chi connectivity index (χ0v) is 9.18. The van der Waals surface area contributed by atoms with E-state index in [1.54, 1.807) is 0 Å². The number of ether oxygens (including phenoxy) is 1. The van der Waals surface area contributed by atoms with Crippen molar-refractivity contribution in [1.29, 1.82) is 0 Å². The summed E-state index contributed by atoms with van der Waals surface area (Å²) in [5, 5.41) is 0. The van der Waals surface area contributed by atoms with Gasteiger partial charge in [0.1, 0.15) is 0 Å². The molecule has 1 aliphatic carbocycles. The van der Waals surface area contributed by atoms with Crippen molar-refractivity contribution in [2.45, 2.75) is 46.6 Å². The first-order chi connectivity index (χ1) is 6.15. The molecule has 74 valence electrons. The van der Waals surface area contributed by atoms with Gasteiger partial charge in [-0.2, -0.15) is 0 Å². The lowest BCUT2D eigenvalue weighted by Gasteiger charge is -2.24. The molecule has 1 unspecified atom stereocenters. The molecule has 0 saturated carbocycles. The zero-order valence-electron chi connectivity index (χ0n) is 9.18. The van der Waals surface area contributed by atoms with Crippen LogP contribution < -0.4 is 0 Å². The molecule has 0 heterocycles. The van der Waals surface area contributed by atoms with Gasteiger partial charge in [0.05, 0.1) is 6.10 Å². The highest BCUT2D eigenvalue weighted by Crippen LogP contribution is 2.27. The summed E-state index contributed by atoms with van der Waals surface area (Å²) < 4.78 is 5.69. The number of hydrogen-bond donors (Lipinski definition) is 0. The van der Waals surface area contributed by atoms with Gasteiger partial charge >= 0.3 is 0 Å². The SMILES string of the molecule is CCOC1C=C(C)CCC1=C(C)C. The van der Waals surface area contributed by atoms with Crippen LogP contribution in [0.5, 0.6) is 0 Å². The molecule has 0 bridgehead atoms. The Bertz CT molecular complexity index is 232. The van der Waals surface area contributed by atoms with Crippen LogP contribution in [0.25, 0.3) is 0 Å². The third kappa shape index (κ3) is 2.70. The van der Waals surface area contributed by atoms with Crippen molar-refractivity contribution in [2.75, 3.05) is 6.61 Å². The van der Waals surface area contributed by atoms with E-state index in [1.165, 1.54) is 29.6 Å². The summed E-state index contributed by atoms with van der Waals surface area (Å²) in [5.41, 5.74) is 4.36. The van der Waals surface area contributed by atoms with Gasteiger partial charge in [0, 0.05) is 6.61 Å². The topological polar surface area (TPSA) is 9.23 Å². The van der Waals surface area contributed by atoms with Gasteiger partial charge in [-0.15, -0.1) is 0 Å². The fourth-order valence-electron chi connectivity index (χ4n) is 1.78. The van der Waals surface area contributed by atoms with Crippen molar-refractivity contribution >= 4 is 0 Å². The fourth-order valence-corrected chi connectivity index (χ4v) is 1.78. The molecule has 1 rings (SSSR count). The predicted octanol–water partition coefficient (Wildman–Crippen LogP) is 3.47. The number of rotatable bonds is 2. The average Bonchev–Trinajstić information content (AvgIpc) is 2.04. The maximum atomic E-state index is 5.69. The van der Waals surface area contributed by atoms with Crippen LogP contribution in [-0.2, 0) is 4.74 Å². The van der Waals surface area contributed by atoms with Gasteiger partial charge in [-0.25, -0.2) is 0 Å². The minimum Gasteiger partial charge on any atom is -0.370 e. The molecule has 0 aromatic rings. The maximum Gasteiger partial charge on any atom is 0.0971 e. The van der Waals surface area contributed by atoms with E-state index >= 15 is 0 Å². The summed E-state index contributed by atoms with van der Waals surface area (Å²) in [4.78, 5) is 0. The minimum atomic E-state index is 0.253. The van der Waals surface area contributed by atoms with Gasteiger partial charge in [0.2, 0.25) is 0 Å². The summed E-state index contributed by atoms with van der Waals surface area (Å²) in [6.07, 6.45) is 4.89. The second-order valence-corrected chi connectivity index (χ2v) is 3.91. The van der Waals surface area contributed by atoms with Crippen LogP contribution in [0, 0.1) is 0 Å². The Morgan fingerprint density at radius 2 is 2.15 bits per heavy atom. The molecular weight excluding hydrogens is 160 g/mol. The Morgan fingerprint density at radius 3 is 2.69 bits per heavy atom. The largest absolute Gasteiger partial charge is 0.370 e. The first kappa shape index (κ1) is 10.5. The highest BCUT2D eigenvalue weighted by Gasteiger charge is 2.17. The van der Waals surface area contributed by atoms with E-state index in [1.807, 2.05) is 0 Å². The predicted molar refractivity (Wildman–Crippen MR) is 56.8 cm³/mol. The molecule has 0 N–H and O–H groups in total. The number of allylic oxidation sites excluding steroid dienone is 2. The smallest absolute Gasteiger partial charge is 0.0971 e. The Balaban J connectivity index is 2.82. The van der Waals surface area contributed by atoms with E-state index in [4.69, 9.17) is 4.74 Å². The second-order valence-electron chi connectivity index (χ2n) is 3.91. The van der Waals surface area contributed by atoms with Crippen molar-refractivity contribution < 1.29 is 4.74 Å². The first-order valence-corrected chi connectivity index (χ1v) is 5.10. The summed E-state index contributed by atoms with van der Waals surface area (Å²) >= 11 is 0. The normalized spacial score (nSPS) is 22.9. The van der Waals surface area contributed by atoms with E-state index in [9.17, 15) is 0 Å². The Kier molecular flexibility index (Phi) is 3.73. The molecule has 1 nitrogen and oxygen atoms in total. The minimum absolute atomic E-state index is 0.253. The molecule has 1 aliphatic rings. The van der Waals surface area contributed by atoms with Gasteiger partial charge in [0.25, 0.3) is 0 Å². The Morgan fingerprint density at radius 1 is 1.46 bits per heavy atom. The third-order valence-corrected chi connectivity index (χ3v) is 2.56. The van der Waals surface area contributed by atoms with Crippen molar-refractivity contribution in [2.24, 2.45) is 0 Å². The summed E-state index contributed by atoms with van der Waals surface area (Å²) in [6, 6.07) is 0. The first-order valence-electron chi connectivity index (χ1n) is 5.10. The lowest BCUT2D eigenvalue weighted by atomic mass is 9.90. The lowest BCUT2D eigenvalue weighted by Crippen LogP contribution is -2.18. The van der Waals surface area contributed by atoms with Gasteiger partial charge in [0.15, 0.2) is 0 Å². The maximum absolute atomic E-state index is 5.69. The fraction of sp³-hybridized carbons (Fsp3) is 0.667. The van der Waals surface area contributed by atoms with E-state index in [2.05, 4.69) is 33.8 Å². The molecule has 0 radical (unpaired) electrons. The van der Waals surface area contributed by atoms with Crippen LogP contribution in [0.3, 0.4) is 0 Å². The highest BCUT2D eigenvalue weighted by molar-refractivity contribution is 5.27. The van der Waals surface area contributed by atoms with Crippen molar-refractivity contribution in [3.05, 3.63) is 22.8 Å². The molecule has 1 atom stereocenters. The molecule has 0 aliphatic heterocycles. The Hall–Kier alpha value is -0.560. The highest BCUT2D eigenvalue weighted by atomic mass is 16.5. The van der Waals surface area contributed by atoms with Crippen molar-refractivity contribution in [3.8, 4) is 0 Å². The van der Waals surface area contributed by atoms with E-state index in [0.717, 1.165) is 6.61 Å². The molecule has 0 saturated heterocycles. The van der Waals surface area contributed by atoms with Crippen molar-refractivity contribution in [3.63, 3.8) is 0 Å². The van der Waals surface area contributed by atoms with Crippen LogP contribution in [0.2, 0.25) is 0 Å².